The maximum absolute atomic E-state index is 9.37. The van der Waals surface area contributed by atoms with E-state index in [0.717, 1.165) is 0 Å². The predicted molar refractivity (Wildman–Crippen MR) is 24.8 cm³/mol. The molecule has 1 radical (unpaired) electrons. The van der Waals surface area contributed by atoms with Crippen molar-refractivity contribution >= 4 is 23.7 Å². The van der Waals surface area contributed by atoms with Gasteiger partial charge in [-0.25, -0.2) is 0 Å². The molecule has 0 saturated heterocycles. The Labute approximate surface area is 48.4 Å². The Kier molecular flexibility index (Phi) is 9.76. The van der Waals surface area contributed by atoms with Gasteiger partial charge in [-0.05, 0) is 0 Å². The monoisotopic (exact) mass is 197 g/mol. The van der Waals surface area contributed by atoms with Crippen LogP contribution in [-0.2, 0) is 19.5 Å². The van der Waals surface area contributed by atoms with Crippen molar-refractivity contribution in [2.75, 3.05) is 0 Å². The SMILES string of the molecule is O=C(P)P.[Rh]. The summed E-state index contributed by atoms with van der Waals surface area (Å²) in [5, 5.41) is 0.000000000000000444. The fourth-order valence-electron chi connectivity index (χ4n) is 0. The van der Waals surface area contributed by atoms with E-state index in [0.29, 0.717) is 0 Å². The maximum Gasteiger partial charge on any atom is 0.163 e. The minimum Gasteiger partial charge on any atom is -0.291 e. The van der Waals surface area contributed by atoms with Gasteiger partial charge in [-0.1, -0.05) is 18.5 Å². The van der Waals surface area contributed by atoms with Crippen molar-refractivity contribution in [3.05, 3.63) is 0 Å². The van der Waals surface area contributed by atoms with Crippen LogP contribution in [0.2, 0.25) is 0 Å². The molecule has 2 unspecified atom stereocenters. The van der Waals surface area contributed by atoms with Crippen molar-refractivity contribution in [1.82, 2.24) is 0 Å². The second kappa shape index (κ2) is 5.15. The summed E-state index contributed by atoms with van der Waals surface area (Å²) in [4.78, 5) is 9.37. The molecule has 0 aromatic rings. The summed E-state index contributed by atoms with van der Waals surface area (Å²) in [6.45, 7) is 0. The van der Waals surface area contributed by atoms with Gasteiger partial charge in [0, 0.05) is 19.5 Å². The summed E-state index contributed by atoms with van der Waals surface area (Å²) in [7, 11) is 3.96. The molecule has 4 heteroatoms. The van der Waals surface area contributed by atoms with Crippen LogP contribution in [0.25, 0.3) is 0 Å². The standard InChI is InChI=1S/CH4OP2.Rh/c2-1(3)4;/h3-4H2;. The van der Waals surface area contributed by atoms with Crippen molar-refractivity contribution in [2.24, 2.45) is 0 Å². The molecule has 0 bridgehead atoms. The quantitative estimate of drug-likeness (QED) is 0.415. The van der Waals surface area contributed by atoms with Gasteiger partial charge in [-0.2, -0.15) is 0 Å². The Morgan fingerprint density at radius 1 is 1.40 bits per heavy atom. The molecule has 1 nitrogen and oxygen atoms in total. The number of hydrogen-bond donors (Lipinski definition) is 0. The summed E-state index contributed by atoms with van der Waals surface area (Å²) < 4.78 is 0. The Bertz CT molecular complexity index is 32.6. The van der Waals surface area contributed by atoms with Gasteiger partial charge in [-0.3, -0.25) is 4.79 Å². The number of carbonyl (C=O) groups excluding carboxylic acids is 1. The largest absolute Gasteiger partial charge is 0.291 e. The zero-order chi connectivity index (χ0) is 3.58. The minimum atomic E-state index is 0. The van der Waals surface area contributed by atoms with Crippen molar-refractivity contribution < 1.29 is 24.3 Å². The van der Waals surface area contributed by atoms with E-state index in [1.54, 1.807) is 0 Å². The topological polar surface area (TPSA) is 17.1 Å². The summed E-state index contributed by atoms with van der Waals surface area (Å²) in [6.07, 6.45) is 0. The molecule has 0 aliphatic carbocycles. The van der Waals surface area contributed by atoms with Crippen LogP contribution >= 0.6 is 18.5 Å². The summed E-state index contributed by atoms with van der Waals surface area (Å²) in [5.41, 5.74) is 0. The zero-order valence-corrected chi connectivity index (χ0v) is 6.34. The average Bonchev–Trinajstić information content (AvgIpc) is 0.811. The smallest absolute Gasteiger partial charge is 0.163 e. The van der Waals surface area contributed by atoms with Gasteiger partial charge in [0.25, 0.3) is 0 Å². The number of carbonyl (C=O) groups is 1. The molecule has 0 N–H and O–H groups in total. The second-order valence-corrected chi connectivity index (χ2v) is 2.21. The molecule has 0 aromatic heterocycles. The van der Waals surface area contributed by atoms with Gasteiger partial charge in [0.15, 0.2) is 5.27 Å². The Hall–Kier alpha value is 1.15. The molecular weight excluding hydrogens is 193 g/mol. The molecule has 0 aromatic carbocycles. The van der Waals surface area contributed by atoms with Crippen molar-refractivity contribution in [1.29, 1.82) is 0 Å². The molecule has 0 rings (SSSR count). The first-order valence-corrected chi connectivity index (χ1v) is 1.94. The summed E-state index contributed by atoms with van der Waals surface area (Å²) >= 11 is 0. The summed E-state index contributed by atoms with van der Waals surface area (Å²) in [5.74, 6) is 0. The van der Waals surface area contributed by atoms with Crippen LogP contribution in [-0.4, -0.2) is 5.27 Å². The zero-order valence-electron chi connectivity index (χ0n) is 2.40. The predicted octanol–water partition coefficient (Wildman–Crippen LogP) is 0.854. The molecule has 0 heterocycles. The van der Waals surface area contributed by atoms with Gasteiger partial charge in [-0.15, -0.1) is 0 Å². The second-order valence-electron chi connectivity index (χ2n) is 0.402. The number of rotatable bonds is 0. The van der Waals surface area contributed by atoms with Crippen LogP contribution < -0.4 is 0 Å². The third kappa shape index (κ3) is 38.5. The molecule has 0 saturated carbocycles. The van der Waals surface area contributed by atoms with Gasteiger partial charge in [0.2, 0.25) is 0 Å². The van der Waals surface area contributed by atoms with Gasteiger partial charge in [0.05, 0.1) is 0 Å². The number of hydrogen-bond acceptors (Lipinski definition) is 1. The van der Waals surface area contributed by atoms with Gasteiger partial charge >= 0.3 is 0 Å². The van der Waals surface area contributed by atoms with E-state index in [1.807, 2.05) is 18.5 Å². The fourth-order valence-corrected chi connectivity index (χ4v) is 0. The Morgan fingerprint density at radius 2 is 1.40 bits per heavy atom. The van der Waals surface area contributed by atoms with Crippen molar-refractivity contribution in [2.45, 2.75) is 0 Å². The van der Waals surface area contributed by atoms with Crippen LogP contribution in [0.5, 0.6) is 0 Å². The molecule has 0 fully saturated rings. The minimum absolute atomic E-state index is 0. The van der Waals surface area contributed by atoms with Crippen molar-refractivity contribution in [3.8, 4) is 0 Å². The van der Waals surface area contributed by atoms with E-state index in [1.165, 1.54) is 0 Å². The normalized spacial score (nSPS) is 5.20. The first-order valence-electron chi connectivity index (χ1n) is 0.781. The van der Waals surface area contributed by atoms with Crippen LogP contribution in [0.3, 0.4) is 0 Å². The molecular formula is CH4OP2Rh. The average molecular weight is 197 g/mol. The van der Waals surface area contributed by atoms with E-state index in [4.69, 9.17) is 0 Å². The summed E-state index contributed by atoms with van der Waals surface area (Å²) in [6, 6.07) is 0. The molecule has 0 aliphatic heterocycles. The molecule has 0 aliphatic rings. The first-order chi connectivity index (χ1) is 1.73. The molecule has 5 heavy (non-hydrogen) atoms. The molecule has 2 atom stereocenters. The third-order valence-corrected chi connectivity index (χ3v) is 0. The van der Waals surface area contributed by atoms with Crippen molar-refractivity contribution in [3.63, 3.8) is 0 Å². The van der Waals surface area contributed by atoms with E-state index in [2.05, 4.69) is 0 Å². The molecule has 0 amide bonds. The van der Waals surface area contributed by atoms with E-state index in [9.17, 15) is 4.79 Å². The maximum atomic E-state index is 9.37. The van der Waals surface area contributed by atoms with Crippen LogP contribution in [0.15, 0.2) is 0 Å². The molecule has 0 spiro atoms. The van der Waals surface area contributed by atoms with Crippen LogP contribution in [0.1, 0.15) is 0 Å². The molecule has 33 valence electrons. The fraction of sp³-hybridized carbons (Fsp3) is 0. The first kappa shape index (κ1) is 9.47. The van der Waals surface area contributed by atoms with Gasteiger partial charge < -0.3 is 0 Å². The Morgan fingerprint density at radius 3 is 1.40 bits per heavy atom. The Balaban J connectivity index is 0. The van der Waals surface area contributed by atoms with E-state index >= 15 is 0 Å². The van der Waals surface area contributed by atoms with E-state index in [-0.39, 0.29) is 24.7 Å². The van der Waals surface area contributed by atoms with Crippen LogP contribution in [0.4, 0.5) is 4.79 Å². The third-order valence-electron chi connectivity index (χ3n) is 0. The van der Waals surface area contributed by atoms with Gasteiger partial charge in [0.1, 0.15) is 0 Å². The van der Waals surface area contributed by atoms with Crippen LogP contribution in [0, 0.1) is 0 Å². The van der Waals surface area contributed by atoms with E-state index < -0.39 is 0 Å².